The standard InChI is InChI=1S/C15H24FN/c1-4-17-15(10-5-7-12(2)3)13-8-6-9-14(16)11-13/h6,8-9,11-12,15,17H,4-5,7,10H2,1-3H3. The van der Waals surface area contributed by atoms with Crippen molar-refractivity contribution >= 4 is 0 Å². The van der Waals surface area contributed by atoms with Crippen molar-refractivity contribution in [2.75, 3.05) is 6.54 Å². The van der Waals surface area contributed by atoms with E-state index in [1.165, 1.54) is 18.9 Å². The van der Waals surface area contributed by atoms with Crippen LogP contribution in [0.2, 0.25) is 0 Å². The van der Waals surface area contributed by atoms with Gasteiger partial charge in [-0.3, -0.25) is 0 Å². The van der Waals surface area contributed by atoms with E-state index in [1.54, 1.807) is 12.1 Å². The van der Waals surface area contributed by atoms with Crippen molar-refractivity contribution in [3.8, 4) is 0 Å². The molecule has 1 unspecified atom stereocenters. The van der Waals surface area contributed by atoms with Gasteiger partial charge in [0.15, 0.2) is 0 Å². The molecule has 1 aromatic rings. The van der Waals surface area contributed by atoms with Crippen LogP contribution in [0.25, 0.3) is 0 Å². The maximum absolute atomic E-state index is 13.2. The van der Waals surface area contributed by atoms with E-state index in [-0.39, 0.29) is 11.9 Å². The Morgan fingerprint density at radius 2 is 2.00 bits per heavy atom. The molecule has 0 saturated carbocycles. The largest absolute Gasteiger partial charge is 0.310 e. The zero-order valence-corrected chi connectivity index (χ0v) is 11.2. The van der Waals surface area contributed by atoms with E-state index in [0.717, 1.165) is 24.4 Å². The Labute approximate surface area is 104 Å². The van der Waals surface area contributed by atoms with Crippen molar-refractivity contribution in [2.24, 2.45) is 5.92 Å². The van der Waals surface area contributed by atoms with Gasteiger partial charge in [0.05, 0.1) is 0 Å². The predicted molar refractivity (Wildman–Crippen MR) is 71.5 cm³/mol. The first-order chi connectivity index (χ1) is 8.13. The first-order valence-corrected chi connectivity index (χ1v) is 6.62. The van der Waals surface area contributed by atoms with Crippen LogP contribution < -0.4 is 5.32 Å². The Bertz CT molecular complexity index is 322. The molecule has 1 rings (SSSR count). The van der Waals surface area contributed by atoms with Crippen molar-refractivity contribution in [1.29, 1.82) is 0 Å². The van der Waals surface area contributed by atoms with Gasteiger partial charge in [-0.05, 0) is 36.6 Å². The van der Waals surface area contributed by atoms with Crippen molar-refractivity contribution in [3.63, 3.8) is 0 Å². The van der Waals surface area contributed by atoms with Crippen LogP contribution in [0.4, 0.5) is 4.39 Å². The molecular weight excluding hydrogens is 213 g/mol. The zero-order chi connectivity index (χ0) is 12.7. The average Bonchev–Trinajstić information content (AvgIpc) is 2.27. The molecular formula is C15H24FN. The average molecular weight is 237 g/mol. The minimum absolute atomic E-state index is 0.144. The minimum atomic E-state index is -0.144. The smallest absolute Gasteiger partial charge is 0.123 e. The number of nitrogens with one attached hydrogen (secondary N) is 1. The minimum Gasteiger partial charge on any atom is -0.310 e. The van der Waals surface area contributed by atoms with Crippen LogP contribution in [0.15, 0.2) is 24.3 Å². The summed E-state index contributed by atoms with van der Waals surface area (Å²) in [5, 5.41) is 3.43. The lowest BCUT2D eigenvalue weighted by Gasteiger charge is -2.19. The second-order valence-corrected chi connectivity index (χ2v) is 4.99. The molecule has 0 saturated heterocycles. The van der Waals surface area contributed by atoms with Crippen LogP contribution in [0.5, 0.6) is 0 Å². The Balaban J connectivity index is 2.58. The Morgan fingerprint density at radius 1 is 1.24 bits per heavy atom. The Hall–Kier alpha value is -0.890. The topological polar surface area (TPSA) is 12.0 Å². The van der Waals surface area contributed by atoms with Gasteiger partial charge in [0.2, 0.25) is 0 Å². The van der Waals surface area contributed by atoms with E-state index in [4.69, 9.17) is 0 Å². The van der Waals surface area contributed by atoms with Crippen molar-refractivity contribution in [1.82, 2.24) is 5.32 Å². The van der Waals surface area contributed by atoms with Crippen LogP contribution in [0, 0.1) is 11.7 Å². The van der Waals surface area contributed by atoms with Crippen molar-refractivity contribution in [3.05, 3.63) is 35.6 Å². The molecule has 0 aliphatic rings. The fraction of sp³-hybridized carbons (Fsp3) is 0.600. The van der Waals surface area contributed by atoms with E-state index in [0.29, 0.717) is 0 Å². The third kappa shape index (κ3) is 5.31. The van der Waals surface area contributed by atoms with Gasteiger partial charge in [-0.2, -0.15) is 0 Å². The van der Waals surface area contributed by atoms with E-state index in [9.17, 15) is 4.39 Å². The van der Waals surface area contributed by atoms with Gasteiger partial charge >= 0.3 is 0 Å². The highest BCUT2D eigenvalue weighted by Gasteiger charge is 2.10. The number of rotatable bonds is 7. The lowest BCUT2D eigenvalue weighted by Crippen LogP contribution is -2.21. The quantitative estimate of drug-likeness (QED) is 0.745. The predicted octanol–water partition coefficient (Wildman–Crippen LogP) is 4.30. The van der Waals surface area contributed by atoms with E-state index >= 15 is 0 Å². The van der Waals surface area contributed by atoms with Crippen molar-refractivity contribution < 1.29 is 4.39 Å². The molecule has 0 fully saturated rings. The number of hydrogen-bond acceptors (Lipinski definition) is 1. The summed E-state index contributed by atoms with van der Waals surface area (Å²) >= 11 is 0. The second kappa shape index (κ2) is 7.44. The molecule has 2 heteroatoms. The number of benzene rings is 1. The van der Waals surface area contributed by atoms with E-state index in [2.05, 4.69) is 26.1 Å². The summed E-state index contributed by atoms with van der Waals surface area (Å²) in [6.45, 7) is 7.49. The Kier molecular flexibility index (Phi) is 6.20. The fourth-order valence-electron chi connectivity index (χ4n) is 2.09. The summed E-state index contributed by atoms with van der Waals surface area (Å²) in [5.41, 5.74) is 1.07. The third-order valence-corrected chi connectivity index (χ3v) is 2.98. The molecule has 0 spiro atoms. The lowest BCUT2D eigenvalue weighted by atomic mass is 9.98. The highest BCUT2D eigenvalue weighted by atomic mass is 19.1. The first-order valence-electron chi connectivity index (χ1n) is 6.62. The molecule has 1 nitrogen and oxygen atoms in total. The summed E-state index contributed by atoms with van der Waals surface area (Å²) in [7, 11) is 0. The maximum atomic E-state index is 13.2. The molecule has 0 radical (unpaired) electrons. The molecule has 0 aliphatic carbocycles. The molecule has 1 aromatic carbocycles. The van der Waals surface area contributed by atoms with Crippen molar-refractivity contribution in [2.45, 2.75) is 46.1 Å². The zero-order valence-electron chi connectivity index (χ0n) is 11.2. The molecule has 0 amide bonds. The summed E-state index contributed by atoms with van der Waals surface area (Å²) in [6, 6.07) is 7.22. The molecule has 1 N–H and O–H groups in total. The second-order valence-electron chi connectivity index (χ2n) is 4.99. The molecule has 0 bridgehead atoms. The van der Waals surface area contributed by atoms with Crippen LogP contribution in [0.3, 0.4) is 0 Å². The van der Waals surface area contributed by atoms with Gasteiger partial charge in [-0.25, -0.2) is 4.39 Å². The fourth-order valence-corrected chi connectivity index (χ4v) is 2.09. The van der Waals surface area contributed by atoms with Gasteiger partial charge in [0.25, 0.3) is 0 Å². The van der Waals surface area contributed by atoms with Crippen LogP contribution >= 0.6 is 0 Å². The van der Waals surface area contributed by atoms with Crippen LogP contribution in [-0.4, -0.2) is 6.54 Å². The summed E-state index contributed by atoms with van der Waals surface area (Å²) < 4.78 is 13.2. The van der Waals surface area contributed by atoms with E-state index < -0.39 is 0 Å². The van der Waals surface area contributed by atoms with Crippen LogP contribution in [-0.2, 0) is 0 Å². The van der Waals surface area contributed by atoms with Gasteiger partial charge in [-0.1, -0.05) is 45.7 Å². The SMILES string of the molecule is CCNC(CCCC(C)C)c1cccc(F)c1. The molecule has 0 aromatic heterocycles. The van der Waals surface area contributed by atoms with Gasteiger partial charge in [0.1, 0.15) is 5.82 Å². The van der Waals surface area contributed by atoms with E-state index in [1.807, 2.05) is 6.07 Å². The third-order valence-electron chi connectivity index (χ3n) is 2.98. The van der Waals surface area contributed by atoms with Crippen LogP contribution in [0.1, 0.15) is 51.6 Å². The molecule has 96 valence electrons. The highest BCUT2D eigenvalue weighted by Crippen LogP contribution is 2.21. The molecule has 1 atom stereocenters. The van der Waals surface area contributed by atoms with Gasteiger partial charge < -0.3 is 5.32 Å². The van der Waals surface area contributed by atoms with Gasteiger partial charge in [-0.15, -0.1) is 0 Å². The number of halogens is 1. The maximum Gasteiger partial charge on any atom is 0.123 e. The molecule has 17 heavy (non-hydrogen) atoms. The normalized spacial score (nSPS) is 13.0. The number of hydrogen-bond donors (Lipinski definition) is 1. The first kappa shape index (κ1) is 14.2. The molecule has 0 aliphatic heterocycles. The molecule has 0 heterocycles. The summed E-state index contributed by atoms with van der Waals surface area (Å²) in [6.07, 6.45) is 3.50. The van der Waals surface area contributed by atoms with Gasteiger partial charge in [0, 0.05) is 6.04 Å². The Morgan fingerprint density at radius 3 is 2.59 bits per heavy atom. The monoisotopic (exact) mass is 237 g/mol. The summed E-state index contributed by atoms with van der Waals surface area (Å²) in [5.74, 6) is 0.596. The summed E-state index contributed by atoms with van der Waals surface area (Å²) in [4.78, 5) is 0. The highest BCUT2D eigenvalue weighted by molar-refractivity contribution is 5.20. The lowest BCUT2D eigenvalue weighted by molar-refractivity contribution is 0.453.